The molecule has 1 heterocycles. The summed E-state index contributed by atoms with van der Waals surface area (Å²) in [6.45, 7) is 2.17. The van der Waals surface area contributed by atoms with Gasteiger partial charge in [-0.1, -0.05) is 11.9 Å². The Balaban J connectivity index is 2.70. The summed E-state index contributed by atoms with van der Waals surface area (Å²) in [5.74, 6) is 0. The van der Waals surface area contributed by atoms with E-state index in [0.717, 1.165) is 5.56 Å². The third-order valence-corrected chi connectivity index (χ3v) is 1.30. The first kappa shape index (κ1) is 8.55. The fraction of sp³-hybridized carbons (Fsp3) is 0.333. The molecule has 59 valence electrons. The molecule has 0 fully saturated rings. The fourth-order valence-corrected chi connectivity index (χ4v) is 0.709. The van der Waals surface area contributed by atoms with Crippen LogP contribution in [0.3, 0.4) is 0 Å². The fourth-order valence-electron chi connectivity index (χ4n) is 0.709. The van der Waals surface area contributed by atoms with Crippen LogP contribution in [0, 0.1) is 0 Å². The lowest BCUT2D eigenvalue weighted by Gasteiger charge is -1.95. The zero-order valence-corrected chi connectivity index (χ0v) is 6.68. The van der Waals surface area contributed by atoms with Crippen molar-refractivity contribution in [2.45, 2.75) is 13.4 Å². The van der Waals surface area contributed by atoms with Crippen LogP contribution in [-0.2, 0) is 6.54 Å². The van der Waals surface area contributed by atoms with Gasteiger partial charge in [0.15, 0.2) is 0 Å². The van der Waals surface area contributed by atoms with Crippen LogP contribution in [0.5, 0.6) is 0 Å². The van der Waals surface area contributed by atoms with Gasteiger partial charge in [-0.15, -0.1) is 0 Å². The summed E-state index contributed by atoms with van der Waals surface area (Å²) >= 11 is 0. The molecule has 0 N–H and O–H groups in total. The van der Waals surface area contributed by atoms with Crippen LogP contribution in [0.1, 0.15) is 5.56 Å². The molecule has 0 aliphatic heterocycles. The molecule has 0 spiro atoms. The van der Waals surface area contributed by atoms with Crippen LogP contribution >= 0.6 is 0 Å². The third kappa shape index (κ3) is 2.25. The second-order valence-corrected chi connectivity index (χ2v) is 2.13. The van der Waals surface area contributed by atoms with Crippen LogP contribution in [-0.4, -0.2) is 17.2 Å². The SMILES string of the molecule is C[B]c1ncc(CN=[N+]=[N-])cn1. The van der Waals surface area contributed by atoms with Crippen molar-refractivity contribution in [3.63, 3.8) is 0 Å². The highest BCUT2D eigenvalue weighted by atomic mass is 15.1. The second-order valence-electron chi connectivity index (χ2n) is 2.13. The Labute approximate surface area is 70.7 Å². The normalized spacial score (nSPS) is 8.75. The molecule has 0 unspecified atom stereocenters. The van der Waals surface area contributed by atoms with Gasteiger partial charge in [-0.2, -0.15) is 0 Å². The van der Waals surface area contributed by atoms with Gasteiger partial charge >= 0.3 is 0 Å². The highest BCUT2D eigenvalue weighted by Crippen LogP contribution is 1.93. The number of aromatic nitrogens is 2. The molecule has 0 atom stereocenters. The van der Waals surface area contributed by atoms with Crippen LogP contribution < -0.4 is 5.72 Å². The number of hydrogen-bond acceptors (Lipinski definition) is 3. The largest absolute Gasteiger partial charge is 0.253 e. The van der Waals surface area contributed by atoms with Gasteiger partial charge in [0.25, 0.3) is 0 Å². The Morgan fingerprint density at radius 3 is 2.75 bits per heavy atom. The van der Waals surface area contributed by atoms with Crippen molar-refractivity contribution in [1.82, 2.24) is 9.97 Å². The Hall–Kier alpha value is -1.55. The Bertz CT molecular complexity index is 289. The summed E-state index contributed by atoms with van der Waals surface area (Å²) in [6.07, 6.45) is 3.30. The Morgan fingerprint density at radius 1 is 1.58 bits per heavy atom. The standard InChI is InChI=1S/C6H7BN5/c1-7-6-9-2-5(3-10-6)4-11-12-8/h2-3H,4H2,1H3. The highest BCUT2D eigenvalue weighted by Gasteiger charge is 1.93. The first-order valence-electron chi connectivity index (χ1n) is 3.48. The maximum absolute atomic E-state index is 8.04. The second kappa shape index (κ2) is 4.36. The van der Waals surface area contributed by atoms with Crippen LogP contribution in [0.4, 0.5) is 0 Å². The van der Waals surface area contributed by atoms with E-state index in [-0.39, 0.29) is 0 Å². The molecule has 0 bridgehead atoms. The van der Waals surface area contributed by atoms with E-state index in [4.69, 9.17) is 5.53 Å². The van der Waals surface area contributed by atoms with Gasteiger partial charge in [-0.05, 0) is 11.1 Å². The molecule has 0 amide bonds. The maximum atomic E-state index is 8.04. The van der Waals surface area contributed by atoms with Crippen molar-refractivity contribution in [3.8, 4) is 0 Å². The van der Waals surface area contributed by atoms with E-state index in [1.54, 1.807) is 19.7 Å². The van der Waals surface area contributed by atoms with Crippen molar-refractivity contribution in [2.75, 3.05) is 0 Å². The summed E-state index contributed by atoms with van der Waals surface area (Å²) in [5, 5.41) is 3.39. The van der Waals surface area contributed by atoms with E-state index >= 15 is 0 Å². The minimum absolute atomic E-state index is 0.306. The van der Waals surface area contributed by atoms with Crippen LogP contribution in [0.2, 0.25) is 6.82 Å². The molecule has 0 saturated heterocycles. The average Bonchev–Trinajstić information content (AvgIpc) is 2.15. The van der Waals surface area contributed by atoms with Gasteiger partial charge in [0.2, 0.25) is 7.28 Å². The summed E-state index contributed by atoms with van der Waals surface area (Å²) in [7, 11) is 1.80. The zero-order valence-electron chi connectivity index (χ0n) is 6.68. The average molecular weight is 160 g/mol. The molecule has 1 radical (unpaired) electrons. The number of azide groups is 1. The highest BCUT2D eigenvalue weighted by molar-refractivity contribution is 6.49. The predicted octanol–water partition coefficient (Wildman–Crippen LogP) is 0.664. The van der Waals surface area contributed by atoms with Gasteiger partial charge in [0.05, 0.1) is 12.3 Å². The monoisotopic (exact) mass is 160 g/mol. The summed E-state index contributed by atoms with van der Waals surface area (Å²) < 4.78 is 0. The summed E-state index contributed by atoms with van der Waals surface area (Å²) in [4.78, 5) is 10.6. The Morgan fingerprint density at radius 2 is 2.25 bits per heavy atom. The molecule has 1 aromatic rings. The van der Waals surface area contributed by atoms with E-state index in [9.17, 15) is 0 Å². The van der Waals surface area contributed by atoms with Gasteiger partial charge in [0.1, 0.15) is 0 Å². The lowest BCUT2D eigenvalue weighted by Crippen LogP contribution is -2.19. The molecular weight excluding hydrogens is 153 g/mol. The first-order chi connectivity index (χ1) is 5.86. The van der Waals surface area contributed by atoms with Crippen LogP contribution in [0.15, 0.2) is 17.5 Å². The molecule has 12 heavy (non-hydrogen) atoms. The molecular formula is C6H7BN5. The lowest BCUT2D eigenvalue weighted by molar-refractivity contribution is 1.01. The first-order valence-corrected chi connectivity index (χ1v) is 3.48. The van der Waals surface area contributed by atoms with Gasteiger partial charge in [-0.25, -0.2) is 0 Å². The molecule has 0 aliphatic rings. The third-order valence-electron chi connectivity index (χ3n) is 1.30. The molecule has 5 nitrogen and oxygen atoms in total. The topological polar surface area (TPSA) is 74.5 Å². The van der Waals surface area contributed by atoms with Gasteiger partial charge in [-0.3, -0.25) is 9.97 Å². The number of hydrogen-bond donors (Lipinski definition) is 0. The van der Waals surface area contributed by atoms with Gasteiger partial charge in [0, 0.05) is 17.3 Å². The lowest BCUT2D eigenvalue weighted by atomic mass is 9.81. The summed E-state index contributed by atoms with van der Waals surface area (Å²) in [6, 6.07) is 0. The van der Waals surface area contributed by atoms with Crippen LogP contribution in [0.25, 0.3) is 10.4 Å². The Kier molecular flexibility index (Phi) is 3.10. The van der Waals surface area contributed by atoms with E-state index in [0.29, 0.717) is 12.3 Å². The van der Waals surface area contributed by atoms with Crippen molar-refractivity contribution in [2.24, 2.45) is 5.11 Å². The zero-order chi connectivity index (χ0) is 8.81. The molecule has 0 saturated carbocycles. The van der Waals surface area contributed by atoms with E-state index in [1.807, 2.05) is 6.82 Å². The van der Waals surface area contributed by atoms with Gasteiger partial charge < -0.3 is 0 Å². The molecule has 1 aromatic heterocycles. The molecule has 6 heteroatoms. The number of rotatable bonds is 3. The predicted molar refractivity (Wildman–Crippen MR) is 46.1 cm³/mol. The minimum Gasteiger partial charge on any atom is -0.253 e. The quantitative estimate of drug-likeness (QED) is 0.282. The van der Waals surface area contributed by atoms with E-state index < -0.39 is 0 Å². The summed E-state index contributed by atoms with van der Waals surface area (Å²) in [5.41, 5.74) is 9.54. The van der Waals surface area contributed by atoms with E-state index in [1.165, 1.54) is 0 Å². The number of nitrogens with zero attached hydrogens (tertiary/aromatic N) is 5. The smallest absolute Gasteiger partial charge is 0.201 e. The molecule has 0 aliphatic carbocycles. The van der Waals surface area contributed by atoms with Crippen molar-refractivity contribution in [3.05, 3.63) is 28.4 Å². The van der Waals surface area contributed by atoms with Crippen molar-refractivity contribution >= 4 is 13.0 Å². The minimum atomic E-state index is 0.306. The van der Waals surface area contributed by atoms with Crippen molar-refractivity contribution < 1.29 is 0 Å². The molecule has 1 rings (SSSR count). The van der Waals surface area contributed by atoms with Crippen molar-refractivity contribution in [1.29, 1.82) is 0 Å². The maximum Gasteiger partial charge on any atom is 0.201 e. The molecule has 0 aromatic carbocycles. The van der Waals surface area contributed by atoms with E-state index in [2.05, 4.69) is 20.0 Å².